The molecule has 1 aromatic carbocycles. The van der Waals surface area contributed by atoms with E-state index in [9.17, 15) is 4.79 Å². The van der Waals surface area contributed by atoms with Crippen LogP contribution in [0.5, 0.6) is 0 Å². The molecule has 1 saturated heterocycles. The van der Waals surface area contributed by atoms with Crippen LogP contribution < -0.4 is 5.73 Å². The Morgan fingerprint density at radius 3 is 2.81 bits per heavy atom. The molecule has 1 amide bonds. The highest BCUT2D eigenvalue weighted by atomic mass is 16.6. The van der Waals surface area contributed by atoms with Crippen LogP contribution in [-0.4, -0.2) is 30.6 Å². The van der Waals surface area contributed by atoms with Crippen LogP contribution >= 0.6 is 0 Å². The van der Waals surface area contributed by atoms with Gasteiger partial charge in [0.1, 0.15) is 6.10 Å². The number of carbonyl (C=O) groups excluding carboxylic acids is 1. The Morgan fingerprint density at radius 1 is 1.38 bits per heavy atom. The molecule has 1 fully saturated rings. The van der Waals surface area contributed by atoms with Crippen molar-refractivity contribution in [2.45, 2.75) is 12.5 Å². The molecule has 1 aromatic rings. The molecule has 0 aromatic heterocycles. The average molecular weight is 220 g/mol. The van der Waals surface area contributed by atoms with Crippen molar-refractivity contribution in [3.05, 3.63) is 35.9 Å². The third-order valence-electron chi connectivity index (χ3n) is 2.69. The van der Waals surface area contributed by atoms with E-state index in [0.29, 0.717) is 19.6 Å². The summed E-state index contributed by atoms with van der Waals surface area (Å²) in [5.74, 6) is 0. The van der Waals surface area contributed by atoms with Crippen LogP contribution in [0.4, 0.5) is 4.79 Å². The van der Waals surface area contributed by atoms with Crippen LogP contribution in [0.3, 0.4) is 0 Å². The second-order valence-electron chi connectivity index (χ2n) is 3.87. The first-order valence-corrected chi connectivity index (χ1v) is 5.52. The van der Waals surface area contributed by atoms with E-state index in [1.165, 1.54) is 0 Å². The summed E-state index contributed by atoms with van der Waals surface area (Å²) < 4.78 is 5.30. The molecular formula is C12H16N2O2. The van der Waals surface area contributed by atoms with Crippen molar-refractivity contribution in [1.29, 1.82) is 0 Å². The lowest BCUT2D eigenvalue weighted by atomic mass is 10.1. The summed E-state index contributed by atoms with van der Waals surface area (Å²) >= 11 is 0. The minimum atomic E-state index is -0.234. The Kier molecular flexibility index (Phi) is 3.41. The molecule has 2 N–H and O–H groups in total. The summed E-state index contributed by atoms with van der Waals surface area (Å²) in [4.78, 5) is 13.2. The Bertz CT molecular complexity index is 353. The van der Waals surface area contributed by atoms with E-state index in [0.717, 1.165) is 12.0 Å². The second-order valence-corrected chi connectivity index (χ2v) is 3.87. The van der Waals surface area contributed by atoms with Crippen molar-refractivity contribution in [2.75, 3.05) is 19.6 Å². The molecule has 4 heteroatoms. The molecule has 0 aliphatic carbocycles. The second kappa shape index (κ2) is 4.99. The predicted molar refractivity (Wildman–Crippen MR) is 60.9 cm³/mol. The molecule has 1 aliphatic heterocycles. The van der Waals surface area contributed by atoms with Gasteiger partial charge >= 0.3 is 6.09 Å². The van der Waals surface area contributed by atoms with E-state index in [2.05, 4.69) is 0 Å². The van der Waals surface area contributed by atoms with E-state index in [1.54, 1.807) is 4.90 Å². The van der Waals surface area contributed by atoms with Gasteiger partial charge in [0, 0.05) is 6.54 Å². The van der Waals surface area contributed by atoms with E-state index < -0.39 is 0 Å². The standard InChI is InChI=1S/C12H16N2O2/c13-7-4-8-14-9-11(16-12(14)15)10-5-2-1-3-6-10/h1-3,5-6,11H,4,7-9,13H2. The van der Waals surface area contributed by atoms with Crippen LogP contribution in [0.25, 0.3) is 0 Å². The third kappa shape index (κ3) is 2.33. The monoisotopic (exact) mass is 220 g/mol. The summed E-state index contributed by atoms with van der Waals surface area (Å²) in [6.07, 6.45) is 0.449. The molecule has 2 rings (SSSR count). The third-order valence-corrected chi connectivity index (χ3v) is 2.69. The minimum absolute atomic E-state index is 0.133. The number of nitrogens with two attached hydrogens (primary N) is 1. The fourth-order valence-electron chi connectivity index (χ4n) is 1.81. The molecular weight excluding hydrogens is 204 g/mol. The van der Waals surface area contributed by atoms with Crippen molar-refractivity contribution >= 4 is 6.09 Å². The number of rotatable bonds is 4. The van der Waals surface area contributed by atoms with E-state index in [-0.39, 0.29) is 12.2 Å². The van der Waals surface area contributed by atoms with Crippen molar-refractivity contribution in [2.24, 2.45) is 5.73 Å². The van der Waals surface area contributed by atoms with E-state index >= 15 is 0 Å². The fourth-order valence-corrected chi connectivity index (χ4v) is 1.81. The van der Waals surface area contributed by atoms with Crippen LogP contribution in [0.2, 0.25) is 0 Å². The molecule has 16 heavy (non-hydrogen) atoms. The number of hydrogen-bond acceptors (Lipinski definition) is 3. The quantitative estimate of drug-likeness (QED) is 0.837. The summed E-state index contributed by atoms with van der Waals surface area (Å²) in [5.41, 5.74) is 6.47. The smallest absolute Gasteiger partial charge is 0.410 e. The van der Waals surface area contributed by atoms with Crippen molar-refractivity contribution in [3.8, 4) is 0 Å². The highest BCUT2D eigenvalue weighted by molar-refractivity contribution is 5.70. The SMILES string of the molecule is NCCCN1CC(c2ccccc2)OC1=O. The number of hydrogen-bond donors (Lipinski definition) is 1. The van der Waals surface area contributed by atoms with Gasteiger partial charge in [0.25, 0.3) is 0 Å². The van der Waals surface area contributed by atoms with Gasteiger partial charge in [-0.15, -0.1) is 0 Å². The van der Waals surface area contributed by atoms with Gasteiger partial charge in [-0.2, -0.15) is 0 Å². The first-order valence-electron chi connectivity index (χ1n) is 5.52. The van der Waals surface area contributed by atoms with Gasteiger partial charge in [-0.05, 0) is 18.5 Å². The maximum atomic E-state index is 11.5. The van der Waals surface area contributed by atoms with Gasteiger partial charge in [0.15, 0.2) is 0 Å². The van der Waals surface area contributed by atoms with Crippen molar-refractivity contribution < 1.29 is 9.53 Å². The Labute approximate surface area is 95.0 Å². The predicted octanol–water partition coefficient (Wildman–Crippen LogP) is 1.53. The van der Waals surface area contributed by atoms with Gasteiger partial charge in [-0.1, -0.05) is 30.3 Å². The normalized spacial score (nSPS) is 19.9. The first-order chi connectivity index (χ1) is 7.81. The molecule has 1 unspecified atom stereocenters. The van der Waals surface area contributed by atoms with Gasteiger partial charge in [-0.25, -0.2) is 4.79 Å². The number of amides is 1. The topological polar surface area (TPSA) is 55.6 Å². The maximum absolute atomic E-state index is 11.5. The molecule has 4 nitrogen and oxygen atoms in total. The first kappa shape index (κ1) is 11.0. The number of carbonyl (C=O) groups is 1. The zero-order valence-corrected chi connectivity index (χ0v) is 9.13. The molecule has 0 spiro atoms. The highest BCUT2D eigenvalue weighted by Crippen LogP contribution is 2.25. The van der Waals surface area contributed by atoms with E-state index in [4.69, 9.17) is 10.5 Å². The largest absolute Gasteiger partial charge is 0.439 e. The molecule has 86 valence electrons. The molecule has 1 aliphatic rings. The Hall–Kier alpha value is -1.55. The minimum Gasteiger partial charge on any atom is -0.439 e. The van der Waals surface area contributed by atoms with Crippen molar-refractivity contribution in [1.82, 2.24) is 4.90 Å². The molecule has 1 heterocycles. The number of cyclic esters (lactones) is 1. The lowest BCUT2D eigenvalue weighted by Crippen LogP contribution is -2.27. The molecule has 1 atom stereocenters. The summed E-state index contributed by atoms with van der Waals surface area (Å²) in [7, 11) is 0. The van der Waals surface area contributed by atoms with Crippen LogP contribution in [0.15, 0.2) is 30.3 Å². The van der Waals surface area contributed by atoms with Crippen LogP contribution in [0, 0.1) is 0 Å². The number of nitrogens with zero attached hydrogens (tertiary/aromatic N) is 1. The average Bonchev–Trinajstić information content (AvgIpc) is 2.69. The maximum Gasteiger partial charge on any atom is 0.410 e. The Morgan fingerprint density at radius 2 is 2.12 bits per heavy atom. The molecule has 0 saturated carbocycles. The zero-order chi connectivity index (χ0) is 11.4. The van der Waals surface area contributed by atoms with Gasteiger partial charge < -0.3 is 15.4 Å². The lowest BCUT2D eigenvalue weighted by Gasteiger charge is -2.11. The summed E-state index contributed by atoms with van der Waals surface area (Å²) in [6.45, 7) is 1.90. The van der Waals surface area contributed by atoms with Crippen LogP contribution in [0.1, 0.15) is 18.1 Å². The zero-order valence-electron chi connectivity index (χ0n) is 9.13. The lowest BCUT2D eigenvalue weighted by molar-refractivity contribution is 0.133. The van der Waals surface area contributed by atoms with Crippen LogP contribution in [-0.2, 0) is 4.74 Å². The molecule has 0 radical (unpaired) electrons. The number of benzene rings is 1. The van der Waals surface area contributed by atoms with Crippen molar-refractivity contribution in [3.63, 3.8) is 0 Å². The Balaban J connectivity index is 1.98. The highest BCUT2D eigenvalue weighted by Gasteiger charge is 2.31. The number of ether oxygens (including phenoxy) is 1. The summed E-state index contributed by atoms with van der Waals surface area (Å²) in [6, 6.07) is 9.80. The van der Waals surface area contributed by atoms with Gasteiger partial charge in [0.05, 0.1) is 6.54 Å². The summed E-state index contributed by atoms with van der Waals surface area (Å²) in [5, 5.41) is 0. The van der Waals surface area contributed by atoms with Gasteiger partial charge in [-0.3, -0.25) is 0 Å². The molecule has 0 bridgehead atoms. The van der Waals surface area contributed by atoms with E-state index in [1.807, 2.05) is 30.3 Å². The van der Waals surface area contributed by atoms with Gasteiger partial charge in [0.2, 0.25) is 0 Å². The fraction of sp³-hybridized carbons (Fsp3) is 0.417.